The molecule has 0 atom stereocenters. The number of thiophene rings is 1. The van der Waals surface area contributed by atoms with Crippen molar-refractivity contribution in [2.45, 2.75) is 27.2 Å². The Labute approximate surface area is 94.2 Å². The zero-order valence-corrected chi connectivity index (χ0v) is 10.1. The summed E-state index contributed by atoms with van der Waals surface area (Å²) in [5.41, 5.74) is 2.51. The molecule has 0 saturated heterocycles. The number of hydrazone groups is 1. The standard InChI is InChI=1S/C11H16N2OS/c1-8(2)6-11(14)13-12-7-10-5-4-9(3)15-10/h4-5,7-8H,6H2,1-3H3,(H,13,14)/b12-7+. The van der Waals surface area contributed by atoms with Crippen molar-refractivity contribution in [1.82, 2.24) is 5.43 Å². The van der Waals surface area contributed by atoms with Crippen LogP contribution in [0.1, 0.15) is 30.0 Å². The number of aryl methyl sites for hydroxylation is 1. The third-order valence-corrected chi connectivity index (χ3v) is 2.67. The van der Waals surface area contributed by atoms with Crippen LogP contribution < -0.4 is 5.43 Å². The van der Waals surface area contributed by atoms with Gasteiger partial charge in [0.05, 0.1) is 6.21 Å². The Balaban J connectivity index is 2.36. The first-order valence-corrected chi connectivity index (χ1v) is 5.78. The average Bonchev–Trinajstić information content (AvgIpc) is 2.50. The molecule has 0 aliphatic carbocycles. The fraction of sp³-hybridized carbons (Fsp3) is 0.455. The predicted octanol–water partition coefficient (Wildman–Crippen LogP) is 2.55. The summed E-state index contributed by atoms with van der Waals surface area (Å²) in [6, 6.07) is 4.01. The summed E-state index contributed by atoms with van der Waals surface area (Å²) in [6.07, 6.45) is 2.19. The van der Waals surface area contributed by atoms with Gasteiger partial charge in [0, 0.05) is 16.2 Å². The summed E-state index contributed by atoms with van der Waals surface area (Å²) in [5, 5.41) is 3.89. The predicted molar refractivity (Wildman–Crippen MR) is 64.2 cm³/mol. The van der Waals surface area contributed by atoms with E-state index >= 15 is 0 Å². The van der Waals surface area contributed by atoms with E-state index in [1.54, 1.807) is 17.6 Å². The highest BCUT2D eigenvalue weighted by Crippen LogP contribution is 2.12. The third-order valence-electron chi connectivity index (χ3n) is 1.74. The summed E-state index contributed by atoms with van der Waals surface area (Å²) < 4.78 is 0. The number of carbonyl (C=O) groups excluding carboxylic acids is 1. The van der Waals surface area contributed by atoms with Crippen molar-refractivity contribution < 1.29 is 4.79 Å². The van der Waals surface area contributed by atoms with Gasteiger partial charge in [0.25, 0.3) is 0 Å². The Bertz CT molecular complexity index is 355. The van der Waals surface area contributed by atoms with E-state index in [-0.39, 0.29) is 5.91 Å². The van der Waals surface area contributed by atoms with Crippen molar-refractivity contribution >= 4 is 23.5 Å². The monoisotopic (exact) mass is 224 g/mol. The van der Waals surface area contributed by atoms with Crippen LogP contribution in [0.3, 0.4) is 0 Å². The van der Waals surface area contributed by atoms with Crippen LogP contribution in [-0.4, -0.2) is 12.1 Å². The van der Waals surface area contributed by atoms with Crippen LogP contribution in [0.4, 0.5) is 0 Å². The Morgan fingerprint density at radius 1 is 1.60 bits per heavy atom. The lowest BCUT2D eigenvalue weighted by Crippen LogP contribution is -2.18. The molecule has 1 N–H and O–H groups in total. The zero-order valence-electron chi connectivity index (χ0n) is 9.28. The molecule has 0 radical (unpaired) electrons. The number of amides is 1. The first-order valence-electron chi connectivity index (χ1n) is 4.96. The van der Waals surface area contributed by atoms with Gasteiger partial charge < -0.3 is 0 Å². The van der Waals surface area contributed by atoms with Crippen molar-refractivity contribution in [3.05, 3.63) is 21.9 Å². The van der Waals surface area contributed by atoms with Gasteiger partial charge in [0.15, 0.2) is 0 Å². The normalized spacial score (nSPS) is 11.2. The highest BCUT2D eigenvalue weighted by atomic mass is 32.1. The smallest absolute Gasteiger partial charge is 0.240 e. The largest absolute Gasteiger partial charge is 0.273 e. The van der Waals surface area contributed by atoms with Crippen LogP contribution in [0, 0.1) is 12.8 Å². The number of rotatable bonds is 4. The molecule has 0 aromatic carbocycles. The molecule has 0 fully saturated rings. The van der Waals surface area contributed by atoms with Crippen LogP contribution >= 0.6 is 11.3 Å². The van der Waals surface area contributed by atoms with Crippen LogP contribution in [0.2, 0.25) is 0 Å². The molecule has 0 unspecified atom stereocenters. The molecule has 1 aromatic heterocycles. The first kappa shape index (κ1) is 11.9. The Morgan fingerprint density at radius 2 is 2.33 bits per heavy atom. The van der Waals surface area contributed by atoms with E-state index < -0.39 is 0 Å². The van der Waals surface area contributed by atoms with E-state index in [2.05, 4.69) is 10.5 Å². The number of hydrogen-bond acceptors (Lipinski definition) is 3. The van der Waals surface area contributed by atoms with E-state index in [0.717, 1.165) is 4.88 Å². The molecule has 15 heavy (non-hydrogen) atoms. The van der Waals surface area contributed by atoms with Gasteiger partial charge >= 0.3 is 0 Å². The summed E-state index contributed by atoms with van der Waals surface area (Å²) in [6.45, 7) is 6.05. The second-order valence-electron chi connectivity index (χ2n) is 3.84. The number of nitrogens with zero attached hydrogens (tertiary/aromatic N) is 1. The molecule has 0 spiro atoms. The minimum atomic E-state index is -0.0328. The molecule has 1 heterocycles. The van der Waals surface area contributed by atoms with Gasteiger partial charge in [-0.05, 0) is 25.0 Å². The minimum Gasteiger partial charge on any atom is -0.273 e. The summed E-state index contributed by atoms with van der Waals surface area (Å²) in [4.78, 5) is 13.5. The molecule has 0 aliphatic rings. The number of hydrogen-bond donors (Lipinski definition) is 1. The Hall–Kier alpha value is -1.16. The fourth-order valence-corrected chi connectivity index (χ4v) is 1.86. The summed E-state index contributed by atoms with van der Waals surface area (Å²) in [7, 11) is 0. The van der Waals surface area contributed by atoms with Crippen LogP contribution in [0.15, 0.2) is 17.2 Å². The van der Waals surface area contributed by atoms with Crippen LogP contribution in [0.25, 0.3) is 0 Å². The van der Waals surface area contributed by atoms with Gasteiger partial charge in [-0.25, -0.2) is 5.43 Å². The van der Waals surface area contributed by atoms with Gasteiger partial charge in [-0.3, -0.25) is 4.79 Å². The second kappa shape index (κ2) is 5.66. The average molecular weight is 224 g/mol. The molecule has 0 saturated carbocycles. The van der Waals surface area contributed by atoms with Crippen molar-refractivity contribution in [1.29, 1.82) is 0 Å². The van der Waals surface area contributed by atoms with E-state index in [1.807, 2.05) is 32.9 Å². The third kappa shape index (κ3) is 4.74. The summed E-state index contributed by atoms with van der Waals surface area (Å²) >= 11 is 1.65. The SMILES string of the molecule is Cc1ccc(/C=N/NC(=O)CC(C)C)s1. The molecule has 1 amide bonds. The highest BCUT2D eigenvalue weighted by molar-refractivity contribution is 7.13. The Morgan fingerprint density at radius 3 is 2.87 bits per heavy atom. The van der Waals surface area contributed by atoms with E-state index in [1.165, 1.54) is 4.88 Å². The van der Waals surface area contributed by atoms with Gasteiger partial charge in [0.2, 0.25) is 5.91 Å². The lowest BCUT2D eigenvalue weighted by Gasteiger charge is -2.01. The van der Waals surface area contributed by atoms with Crippen molar-refractivity contribution in [2.24, 2.45) is 11.0 Å². The van der Waals surface area contributed by atoms with Crippen LogP contribution in [-0.2, 0) is 4.79 Å². The van der Waals surface area contributed by atoms with E-state index in [9.17, 15) is 4.79 Å². The maximum absolute atomic E-state index is 11.2. The van der Waals surface area contributed by atoms with Crippen molar-refractivity contribution in [2.75, 3.05) is 0 Å². The lowest BCUT2D eigenvalue weighted by atomic mass is 10.1. The number of nitrogens with one attached hydrogen (secondary N) is 1. The van der Waals surface area contributed by atoms with Gasteiger partial charge in [-0.2, -0.15) is 5.10 Å². The molecule has 0 aliphatic heterocycles. The maximum atomic E-state index is 11.2. The second-order valence-corrected chi connectivity index (χ2v) is 5.16. The lowest BCUT2D eigenvalue weighted by molar-refractivity contribution is -0.121. The topological polar surface area (TPSA) is 41.5 Å². The maximum Gasteiger partial charge on any atom is 0.240 e. The zero-order chi connectivity index (χ0) is 11.3. The van der Waals surface area contributed by atoms with Crippen molar-refractivity contribution in [3.63, 3.8) is 0 Å². The first-order chi connectivity index (χ1) is 7.08. The van der Waals surface area contributed by atoms with E-state index in [4.69, 9.17) is 0 Å². The molecule has 0 bridgehead atoms. The van der Waals surface area contributed by atoms with Gasteiger partial charge in [-0.1, -0.05) is 13.8 Å². The van der Waals surface area contributed by atoms with E-state index in [0.29, 0.717) is 12.3 Å². The summed E-state index contributed by atoms with van der Waals surface area (Å²) in [5.74, 6) is 0.332. The molecular formula is C11H16N2OS. The minimum absolute atomic E-state index is 0.0328. The molecule has 4 heteroatoms. The Kier molecular flexibility index (Phi) is 4.49. The van der Waals surface area contributed by atoms with Gasteiger partial charge in [-0.15, -0.1) is 11.3 Å². The molecular weight excluding hydrogens is 208 g/mol. The molecule has 1 aromatic rings. The van der Waals surface area contributed by atoms with Crippen LogP contribution in [0.5, 0.6) is 0 Å². The molecule has 1 rings (SSSR count). The van der Waals surface area contributed by atoms with Gasteiger partial charge in [0.1, 0.15) is 0 Å². The molecule has 3 nitrogen and oxygen atoms in total. The quantitative estimate of drug-likeness (QED) is 0.619. The molecule has 82 valence electrons. The van der Waals surface area contributed by atoms with Crippen molar-refractivity contribution in [3.8, 4) is 0 Å². The number of carbonyl (C=O) groups is 1. The fourth-order valence-electron chi connectivity index (χ4n) is 1.11. The highest BCUT2D eigenvalue weighted by Gasteiger charge is 2.02.